The molecule has 0 amide bonds. The summed E-state index contributed by atoms with van der Waals surface area (Å²) in [6.45, 7) is 3.44. The van der Waals surface area contributed by atoms with E-state index in [2.05, 4.69) is 34.3 Å². The summed E-state index contributed by atoms with van der Waals surface area (Å²) in [4.78, 5) is 5.91. The molecule has 0 aliphatic carbocycles. The first-order chi connectivity index (χ1) is 17.5. The largest absolute Gasteiger partial charge is 0.493 e. The zero-order valence-corrected chi connectivity index (χ0v) is 20.5. The highest BCUT2D eigenvalue weighted by Gasteiger charge is 2.32. The number of methoxy groups -OCH3 is 1. The number of hydrogen-bond donors (Lipinski definition) is 1. The maximum Gasteiger partial charge on any atom is 0.304 e. The molecule has 1 saturated heterocycles. The van der Waals surface area contributed by atoms with E-state index < -0.39 is 12.8 Å². The van der Waals surface area contributed by atoms with Crippen molar-refractivity contribution in [2.24, 2.45) is 5.92 Å². The van der Waals surface area contributed by atoms with E-state index in [0.717, 1.165) is 75.1 Å². The number of nitrogens with one attached hydrogen (secondary N) is 1. The Bertz CT molecular complexity index is 1160. The molecule has 0 radical (unpaired) electrons. The van der Waals surface area contributed by atoms with Crippen LogP contribution in [0.4, 0.5) is 13.2 Å². The minimum atomic E-state index is -3.22. The van der Waals surface area contributed by atoms with E-state index in [4.69, 9.17) is 14.2 Å². The first-order valence-corrected chi connectivity index (χ1v) is 12.7. The number of aromatic amines is 1. The molecule has 0 spiro atoms. The lowest BCUT2D eigenvalue weighted by Crippen LogP contribution is -2.40. The van der Waals surface area contributed by atoms with Crippen molar-refractivity contribution in [3.63, 3.8) is 0 Å². The Morgan fingerprint density at radius 2 is 1.92 bits per heavy atom. The highest BCUT2D eigenvalue weighted by atomic mass is 19.3. The van der Waals surface area contributed by atoms with Crippen LogP contribution in [0.15, 0.2) is 42.6 Å². The maximum atomic E-state index is 13.7. The number of fused-ring (bicyclic) bond motifs is 2. The number of para-hydroxylation sites is 1. The van der Waals surface area contributed by atoms with Crippen LogP contribution in [-0.4, -0.2) is 56.1 Å². The lowest BCUT2D eigenvalue weighted by Gasteiger charge is -2.40. The van der Waals surface area contributed by atoms with Gasteiger partial charge in [0.25, 0.3) is 6.36 Å². The predicted molar refractivity (Wildman–Crippen MR) is 133 cm³/mol. The van der Waals surface area contributed by atoms with Crippen molar-refractivity contribution in [3.05, 3.63) is 59.3 Å². The lowest BCUT2D eigenvalue weighted by molar-refractivity contribution is -0.0678. The van der Waals surface area contributed by atoms with Crippen LogP contribution in [0, 0.1) is 5.92 Å². The van der Waals surface area contributed by atoms with Gasteiger partial charge in [-0.3, -0.25) is 4.90 Å². The molecule has 36 heavy (non-hydrogen) atoms. The molecule has 1 aromatic heterocycles. The fourth-order valence-corrected chi connectivity index (χ4v) is 5.63. The second kappa shape index (κ2) is 11.1. The number of hydrogen-bond acceptors (Lipinski definition) is 4. The van der Waals surface area contributed by atoms with Crippen LogP contribution >= 0.6 is 0 Å². The second-order valence-electron chi connectivity index (χ2n) is 9.72. The third-order valence-electron chi connectivity index (χ3n) is 7.53. The molecule has 2 aliphatic heterocycles. The van der Waals surface area contributed by atoms with Crippen molar-refractivity contribution >= 4 is 10.9 Å². The minimum absolute atomic E-state index is 0.0253. The highest BCUT2D eigenvalue weighted by Crippen LogP contribution is 2.41. The molecule has 0 bridgehead atoms. The highest BCUT2D eigenvalue weighted by molar-refractivity contribution is 5.83. The standard InChI is InChI=1S/C28H33F3N2O3/c1-34-25-15-22-19(14-26(25)36-28(31)27(29)30)8-11-33(17-18-9-12-35-13-10-18)24(22)7-6-20-16-32-23-5-3-2-4-21(20)23/h2-5,14-16,18,24,27-28,32H,6-13,17H2,1H3. The van der Waals surface area contributed by atoms with Crippen LogP contribution in [0.5, 0.6) is 11.5 Å². The van der Waals surface area contributed by atoms with Gasteiger partial charge in [-0.15, -0.1) is 0 Å². The van der Waals surface area contributed by atoms with Crippen LogP contribution in [0.25, 0.3) is 10.9 Å². The average molecular weight is 503 g/mol. The van der Waals surface area contributed by atoms with Gasteiger partial charge in [0, 0.05) is 49.4 Å². The number of alkyl halides is 3. The lowest BCUT2D eigenvalue weighted by atomic mass is 9.87. The SMILES string of the molecule is COc1cc2c(cc1OC(F)C(F)F)CCN(CC1CCOCC1)C2CCc1c[nH]c2ccccc12. The first kappa shape index (κ1) is 25.0. The van der Waals surface area contributed by atoms with Crippen LogP contribution in [-0.2, 0) is 17.6 Å². The number of aryl methyl sites for hydroxylation is 1. The molecular weight excluding hydrogens is 469 g/mol. The number of ether oxygens (including phenoxy) is 3. The molecule has 0 saturated carbocycles. The summed E-state index contributed by atoms with van der Waals surface area (Å²) in [5, 5.41) is 1.23. The smallest absolute Gasteiger partial charge is 0.304 e. The normalized spacial score (nSPS) is 20.0. The molecule has 1 fully saturated rings. The molecule has 5 nitrogen and oxygen atoms in total. The molecule has 3 aromatic rings. The van der Waals surface area contributed by atoms with Crippen LogP contribution in [0.3, 0.4) is 0 Å². The topological polar surface area (TPSA) is 46.7 Å². The first-order valence-electron chi connectivity index (χ1n) is 12.7. The number of aromatic nitrogens is 1. The van der Waals surface area contributed by atoms with Crippen molar-refractivity contribution in [2.75, 3.05) is 33.4 Å². The van der Waals surface area contributed by atoms with E-state index in [0.29, 0.717) is 5.92 Å². The van der Waals surface area contributed by atoms with Crippen LogP contribution in [0.1, 0.15) is 42.0 Å². The van der Waals surface area contributed by atoms with Crippen LogP contribution in [0.2, 0.25) is 0 Å². The van der Waals surface area contributed by atoms with E-state index in [-0.39, 0.29) is 17.5 Å². The summed E-state index contributed by atoms with van der Waals surface area (Å²) >= 11 is 0. The molecule has 194 valence electrons. The summed E-state index contributed by atoms with van der Waals surface area (Å²) in [6, 6.07) is 12.0. The number of rotatable bonds is 9. The third kappa shape index (κ3) is 5.34. The third-order valence-corrected chi connectivity index (χ3v) is 7.53. The van der Waals surface area contributed by atoms with Crippen molar-refractivity contribution in [1.29, 1.82) is 0 Å². The fourth-order valence-electron chi connectivity index (χ4n) is 5.63. The zero-order valence-electron chi connectivity index (χ0n) is 20.5. The Morgan fingerprint density at radius 3 is 2.69 bits per heavy atom. The molecule has 2 aliphatic rings. The van der Waals surface area contributed by atoms with E-state index >= 15 is 0 Å². The van der Waals surface area contributed by atoms with Gasteiger partial charge in [-0.1, -0.05) is 18.2 Å². The molecule has 8 heteroatoms. The van der Waals surface area contributed by atoms with Gasteiger partial charge in [-0.2, -0.15) is 4.39 Å². The summed E-state index contributed by atoms with van der Waals surface area (Å²) in [7, 11) is 1.45. The Hall–Kier alpha value is -2.71. The van der Waals surface area contributed by atoms with Gasteiger partial charge in [-0.05, 0) is 72.9 Å². The van der Waals surface area contributed by atoms with E-state index in [1.54, 1.807) is 6.07 Å². The molecule has 2 unspecified atom stereocenters. The van der Waals surface area contributed by atoms with E-state index in [1.165, 1.54) is 18.1 Å². The summed E-state index contributed by atoms with van der Waals surface area (Å²) in [6.07, 6.45) is 0.809. The Morgan fingerprint density at radius 1 is 1.11 bits per heavy atom. The Kier molecular flexibility index (Phi) is 7.72. The number of H-pyrrole nitrogens is 1. The summed E-state index contributed by atoms with van der Waals surface area (Å²) < 4.78 is 55.3. The summed E-state index contributed by atoms with van der Waals surface area (Å²) in [5.41, 5.74) is 4.50. The molecule has 2 atom stereocenters. The number of benzene rings is 2. The van der Waals surface area contributed by atoms with E-state index in [9.17, 15) is 13.2 Å². The Labute approximate surface area is 209 Å². The monoisotopic (exact) mass is 502 g/mol. The van der Waals surface area contributed by atoms with Gasteiger partial charge in [0.1, 0.15) is 0 Å². The number of halogens is 3. The predicted octanol–water partition coefficient (Wildman–Crippen LogP) is 6.07. The van der Waals surface area contributed by atoms with Crippen molar-refractivity contribution in [3.8, 4) is 11.5 Å². The van der Waals surface area contributed by atoms with Gasteiger partial charge < -0.3 is 19.2 Å². The van der Waals surface area contributed by atoms with Gasteiger partial charge in [0.15, 0.2) is 11.5 Å². The quantitative estimate of drug-likeness (QED) is 0.386. The van der Waals surface area contributed by atoms with Gasteiger partial charge in [0.05, 0.1) is 7.11 Å². The maximum absolute atomic E-state index is 13.7. The summed E-state index contributed by atoms with van der Waals surface area (Å²) in [5.74, 6) is 0.887. The number of nitrogens with zero attached hydrogens (tertiary/aromatic N) is 1. The van der Waals surface area contributed by atoms with Gasteiger partial charge in [0.2, 0.25) is 0 Å². The molecule has 2 aromatic carbocycles. The fraction of sp³-hybridized carbons (Fsp3) is 0.500. The van der Waals surface area contributed by atoms with Crippen molar-refractivity contribution in [1.82, 2.24) is 9.88 Å². The molecular formula is C28H33F3N2O3. The van der Waals surface area contributed by atoms with Gasteiger partial charge >= 0.3 is 6.43 Å². The average Bonchev–Trinajstić information content (AvgIpc) is 3.31. The van der Waals surface area contributed by atoms with Crippen molar-refractivity contribution in [2.45, 2.75) is 50.9 Å². The van der Waals surface area contributed by atoms with E-state index in [1.807, 2.05) is 12.1 Å². The minimum Gasteiger partial charge on any atom is -0.493 e. The Balaban J connectivity index is 1.44. The second-order valence-corrected chi connectivity index (χ2v) is 9.72. The van der Waals surface area contributed by atoms with Crippen molar-refractivity contribution < 1.29 is 27.4 Å². The molecule has 3 heterocycles. The van der Waals surface area contributed by atoms with Crippen LogP contribution < -0.4 is 9.47 Å². The zero-order chi connectivity index (χ0) is 25.1. The van der Waals surface area contributed by atoms with Gasteiger partial charge in [-0.25, -0.2) is 8.78 Å². The molecule has 1 N–H and O–H groups in total. The molecule has 5 rings (SSSR count).